The van der Waals surface area contributed by atoms with E-state index >= 15 is 0 Å². The van der Waals surface area contributed by atoms with Crippen LogP contribution in [0.2, 0.25) is 23.2 Å². The molecule has 1 saturated heterocycles. The zero-order valence-corrected chi connectivity index (χ0v) is 31.5. The van der Waals surface area contributed by atoms with Crippen LogP contribution in [-0.4, -0.2) is 67.1 Å². The van der Waals surface area contributed by atoms with Crippen molar-refractivity contribution in [2.24, 2.45) is 11.8 Å². The molecule has 0 radical (unpaired) electrons. The molecule has 1 saturated carbocycles. The number of ether oxygens (including phenoxy) is 1. The third-order valence-electron chi connectivity index (χ3n) is 12.0. The van der Waals surface area contributed by atoms with Crippen molar-refractivity contribution in [1.29, 1.82) is 0 Å². The maximum Gasteiger partial charge on any atom is 0.340 e. The summed E-state index contributed by atoms with van der Waals surface area (Å²) in [5, 5.41) is 23.0. The molecule has 2 aromatic rings. The largest absolute Gasteiger partial charge is 0.487 e. The van der Waals surface area contributed by atoms with Gasteiger partial charge in [0.15, 0.2) is 13.9 Å². The van der Waals surface area contributed by atoms with Crippen LogP contribution in [0, 0.1) is 11.8 Å². The normalized spacial score (nSPS) is 28.8. The van der Waals surface area contributed by atoms with Crippen molar-refractivity contribution in [1.82, 2.24) is 4.90 Å². The highest BCUT2D eigenvalue weighted by atomic mass is 35.5. The van der Waals surface area contributed by atoms with Crippen LogP contribution in [0.25, 0.3) is 0 Å². The van der Waals surface area contributed by atoms with Crippen molar-refractivity contribution in [3.05, 3.63) is 70.3 Å². The van der Waals surface area contributed by atoms with Crippen molar-refractivity contribution >= 4 is 37.5 Å². The van der Waals surface area contributed by atoms with E-state index in [-0.39, 0.29) is 28.7 Å². The molecule has 5 atom stereocenters. The molecule has 3 aliphatic heterocycles. The Bertz CT molecular complexity index is 1590. The Morgan fingerprint density at radius 3 is 2.53 bits per heavy atom. The predicted molar refractivity (Wildman–Crippen MR) is 196 cm³/mol. The number of carboxylic acid groups (broad SMARTS) is 1. The average Bonchev–Trinajstić information content (AvgIpc) is 3.02. The number of hydrogen-bond acceptors (Lipinski definition) is 6. The van der Waals surface area contributed by atoms with Crippen molar-refractivity contribution in [2.75, 3.05) is 24.5 Å². The molecule has 1 amide bonds. The van der Waals surface area contributed by atoms with E-state index in [1.165, 1.54) is 5.56 Å². The number of carbonyl (C=O) groups excluding carboxylic acids is 1. The lowest BCUT2D eigenvalue weighted by Crippen LogP contribution is -2.53. The number of aryl methyl sites for hydroxylation is 1. The van der Waals surface area contributed by atoms with Gasteiger partial charge in [-0.1, -0.05) is 56.7 Å². The maximum atomic E-state index is 13.6. The quantitative estimate of drug-likeness (QED) is 0.249. The van der Waals surface area contributed by atoms with Crippen LogP contribution >= 0.6 is 11.6 Å². The molecule has 49 heavy (non-hydrogen) atoms. The van der Waals surface area contributed by atoms with Gasteiger partial charge in [0.1, 0.15) is 12.4 Å². The Morgan fingerprint density at radius 1 is 1.06 bits per heavy atom. The van der Waals surface area contributed by atoms with Crippen LogP contribution in [0.15, 0.2) is 48.6 Å². The van der Waals surface area contributed by atoms with Gasteiger partial charge in [-0.25, -0.2) is 4.79 Å². The number of fused-ring (bicyclic) bond motifs is 4. The van der Waals surface area contributed by atoms with Gasteiger partial charge < -0.3 is 29.2 Å². The minimum absolute atomic E-state index is 0.0147. The monoisotopic (exact) mass is 708 g/mol. The van der Waals surface area contributed by atoms with Gasteiger partial charge >= 0.3 is 5.97 Å². The molecule has 0 aromatic heterocycles. The number of aliphatic carboxylic acids is 1. The number of nitrogens with zero attached hydrogens (tertiary/aromatic N) is 2. The Kier molecular flexibility index (Phi) is 10.3. The van der Waals surface area contributed by atoms with Gasteiger partial charge in [0.05, 0.1) is 18.2 Å². The van der Waals surface area contributed by atoms with Gasteiger partial charge in [0.2, 0.25) is 5.91 Å². The summed E-state index contributed by atoms with van der Waals surface area (Å²) in [6, 6.07) is 11.0. The van der Waals surface area contributed by atoms with Crippen LogP contribution in [0.1, 0.15) is 82.4 Å². The summed E-state index contributed by atoms with van der Waals surface area (Å²) in [6.45, 7) is 13.9. The first-order valence-electron chi connectivity index (χ1n) is 18.1. The summed E-state index contributed by atoms with van der Waals surface area (Å²) in [7, 11) is -2.09. The number of amides is 1. The van der Waals surface area contributed by atoms with E-state index in [1.807, 2.05) is 18.2 Å². The van der Waals surface area contributed by atoms with Crippen molar-refractivity contribution in [3.63, 3.8) is 0 Å². The molecule has 1 aliphatic carbocycles. The number of benzene rings is 2. The highest BCUT2D eigenvalue weighted by Crippen LogP contribution is 2.46. The van der Waals surface area contributed by atoms with Crippen LogP contribution in [0.4, 0.5) is 5.69 Å². The average molecular weight is 709 g/mol. The second-order valence-corrected chi connectivity index (χ2v) is 21.4. The molecular formula is C39H53ClN2O6Si. The summed E-state index contributed by atoms with van der Waals surface area (Å²) >= 11 is 6.38. The number of halogens is 1. The lowest BCUT2D eigenvalue weighted by molar-refractivity contribution is -0.166. The molecule has 10 heteroatoms. The fraction of sp³-hybridized carbons (Fsp3) is 0.590. The number of carbonyl (C=O) groups is 2. The van der Waals surface area contributed by atoms with E-state index in [9.17, 15) is 19.8 Å². The number of hydrogen-bond donors (Lipinski definition) is 2. The Morgan fingerprint density at radius 2 is 1.86 bits per heavy atom. The van der Waals surface area contributed by atoms with Gasteiger partial charge in [0.25, 0.3) is 0 Å². The fourth-order valence-corrected chi connectivity index (χ4v) is 9.01. The predicted octanol–water partition coefficient (Wildman–Crippen LogP) is 7.70. The number of anilines is 1. The van der Waals surface area contributed by atoms with Crippen LogP contribution < -0.4 is 9.64 Å². The molecule has 3 heterocycles. The Balaban J connectivity index is 1.42. The molecule has 2 aromatic carbocycles. The highest BCUT2D eigenvalue weighted by molar-refractivity contribution is 6.74. The Hall–Kier alpha value is -2.85. The maximum absolute atomic E-state index is 13.6. The summed E-state index contributed by atoms with van der Waals surface area (Å²) in [6.07, 6.45) is 10.3. The molecule has 1 unspecified atom stereocenters. The van der Waals surface area contributed by atoms with Gasteiger partial charge in [-0.2, -0.15) is 0 Å². The molecule has 0 spiro atoms. The van der Waals surface area contributed by atoms with Gasteiger partial charge in [-0.3, -0.25) is 4.79 Å². The molecule has 4 aliphatic rings. The third kappa shape index (κ3) is 7.46. The second kappa shape index (κ2) is 14.0. The molecule has 8 nitrogen and oxygen atoms in total. The standard InChI is InChI=1S/C39H53ClN2O6Si/c1-38(2,3)49(4,5)48-34-11-8-10-31-18-20-42(31)36(43)23-39(46,37(44)45)29-14-17-35-33(22-29)41(24-27-13-16-32(27)34)19-7-6-9-26-21-30(40)15-12-28(26)25-47-35/h8,11-12,14-15,17,21-22,27,31-32,34,46H,6-7,9-10,13,16,18-20,23-25H2,1-5H3,(H,44,45)/b11-8+/t27-,31-,32+,34?,39+/m0/s1. The number of rotatable bonds is 3. The minimum atomic E-state index is -2.37. The van der Waals surface area contributed by atoms with Crippen molar-refractivity contribution in [2.45, 2.75) is 115 Å². The lowest BCUT2D eigenvalue weighted by Gasteiger charge is -2.48. The number of aliphatic hydroxyl groups is 1. The zero-order chi connectivity index (χ0) is 35.1. The molecule has 266 valence electrons. The first-order chi connectivity index (χ1) is 23.2. The summed E-state index contributed by atoms with van der Waals surface area (Å²) in [5.74, 6) is -0.455. The first kappa shape index (κ1) is 36.0. The molecule has 2 fully saturated rings. The van der Waals surface area contributed by atoms with E-state index in [0.717, 1.165) is 62.9 Å². The second-order valence-electron chi connectivity index (χ2n) is 16.2. The molecule has 2 N–H and O–H groups in total. The van der Waals surface area contributed by atoms with E-state index in [2.05, 4.69) is 50.9 Å². The van der Waals surface area contributed by atoms with E-state index in [1.54, 1.807) is 23.1 Å². The minimum Gasteiger partial charge on any atom is -0.487 e. The van der Waals surface area contributed by atoms with Crippen LogP contribution in [0.5, 0.6) is 5.75 Å². The van der Waals surface area contributed by atoms with Gasteiger partial charge in [0, 0.05) is 30.7 Å². The smallest absolute Gasteiger partial charge is 0.340 e. The molecular weight excluding hydrogens is 656 g/mol. The van der Waals surface area contributed by atoms with Gasteiger partial charge in [-0.05, 0) is 116 Å². The topological polar surface area (TPSA) is 99.5 Å². The number of carboxylic acids is 1. The van der Waals surface area contributed by atoms with Crippen LogP contribution in [-0.2, 0) is 32.6 Å². The Labute approximate surface area is 297 Å². The molecule has 2 bridgehead atoms. The van der Waals surface area contributed by atoms with Crippen LogP contribution in [0.3, 0.4) is 0 Å². The highest BCUT2D eigenvalue weighted by Gasteiger charge is 2.46. The third-order valence-corrected chi connectivity index (χ3v) is 16.7. The van der Waals surface area contributed by atoms with E-state index in [4.69, 9.17) is 20.8 Å². The fourth-order valence-electron chi connectivity index (χ4n) is 7.52. The van der Waals surface area contributed by atoms with E-state index in [0.29, 0.717) is 42.2 Å². The zero-order valence-electron chi connectivity index (χ0n) is 29.7. The van der Waals surface area contributed by atoms with Gasteiger partial charge in [-0.15, -0.1) is 0 Å². The van der Waals surface area contributed by atoms with E-state index < -0.39 is 26.3 Å². The summed E-state index contributed by atoms with van der Waals surface area (Å²) in [5.41, 5.74) is 0.802. The SMILES string of the molecule is CC(C)(C)[Si](C)(C)OC1/C=C/C[C@H]2CCN2C(=O)C[C@](O)(C(=O)O)c2ccc3c(c2)N(CCCCc2cc(Cl)ccc2CO3)C[C@@H]2CC[C@@H]12. The summed E-state index contributed by atoms with van der Waals surface area (Å²) < 4.78 is 13.7. The summed E-state index contributed by atoms with van der Waals surface area (Å²) in [4.78, 5) is 30.5. The van der Waals surface area contributed by atoms with Crippen molar-refractivity contribution in [3.8, 4) is 5.75 Å². The first-order valence-corrected chi connectivity index (χ1v) is 21.3. The lowest BCUT2D eigenvalue weighted by atomic mass is 9.70. The molecule has 6 rings (SSSR count). The van der Waals surface area contributed by atoms with Crippen molar-refractivity contribution < 1.29 is 29.0 Å².